The summed E-state index contributed by atoms with van der Waals surface area (Å²) in [5, 5.41) is 3.50. The molecule has 0 unspecified atom stereocenters. The lowest BCUT2D eigenvalue weighted by molar-refractivity contribution is 0.324. The molecule has 3 N–H and O–H groups in total. The molecule has 0 aliphatic heterocycles. The van der Waals surface area contributed by atoms with Crippen molar-refractivity contribution in [3.8, 4) is 0 Å². The minimum atomic E-state index is -0.00323. The molecule has 1 aliphatic rings. The molecule has 2 nitrogen and oxygen atoms in total. The van der Waals surface area contributed by atoms with Gasteiger partial charge in [-0.05, 0) is 39.7 Å². The van der Waals surface area contributed by atoms with Gasteiger partial charge in [-0.25, -0.2) is 0 Å². The first-order valence-electron chi connectivity index (χ1n) is 4.60. The number of nitrogens with two attached hydrogens (primary N) is 1. The van der Waals surface area contributed by atoms with E-state index < -0.39 is 0 Å². The van der Waals surface area contributed by atoms with Crippen LogP contribution in [-0.4, -0.2) is 18.1 Å². The fraction of sp³-hybridized carbons (Fsp3) is 1.00. The fourth-order valence-corrected chi connectivity index (χ4v) is 1.21. The van der Waals surface area contributed by atoms with Crippen molar-refractivity contribution in [2.75, 3.05) is 6.54 Å². The lowest BCUT2D eigenvalue weighted by Gasteiger charge is -2.28. The third kappa shape index (κ3) is 3.73. The molecular formula is C9H20N2. The van der Waals surface area contributed by atoms with Gasteiger partial charge in [-0.3, -0.25) is 0 Å². The first kappa shape index (κ1) is 9.01. The molecule has 11 heavy (non-hydrogen) atoms. The Hall–Kier alpha value is -0.0800. The molecule has 0 atom stereocenters. The van der Waals surface area contributed by atoms with Gasteiger partial charge in [0.15, 0.2) is 0 Å². The molecule has 2 heteroatoms. The maximum Gasteiger partial charge on any atom is 0.0109 e. The quantitative estimate of drug-likeness (QED) is 0.643. The van der Waals surface area contributed by atoms with Gasteiger partial charge in [0.2, 0.25) is 0 Å². The van der Waals surface area contributed by atoms with E-state index in [1.54, 1.807) is 0 Å². The van der Waals surface area contributed by atoms with Gasteiger partial charge in [0, 0.05) is 11.6 Å². The van der Waals surface area contributed by atoms with Gasteiger partial charge in [0.25, 0.3) is 0 Å². The van der Waals surface area contributed by atoms with Crippen LogP contribution in [0.25, 0.3) is 0 Å². The Bertz CT molecular complexity index is 111. The molecule has 0 aromatic carbocycles. The summed E-state index contributed by atoms with van der Waals surface area (Å²) in [6, 6.07) is 0.803. The average molecular weight is 156 g/mol. The predicted octanol–water partition coefficient (Wildman–Crippen LogP) is 1.26. The third-order valence-corrected chi connectivity index (χ3v) is 2.31. The van der Waals surface area contributed by atoms with Crippen molar-refractivity contribution < 1.29 is 0 Å². The molecule has 0 bridgehead atoms. The molecule has 1 aliphatic carbocycles. The maximum absolute atomic E-state index is 5.84. The highest BCUT2D eigenvalue weighted by Gasteiger charge is 2.17. The van der Waals surface area contributed by atoms with E-state index in [2.05, 4.69) is 19.2 Å². The summed E-state index contributed by atoms with van der Waals surface area (Å²) in [6.07, 6.45) is 5.21. The standard InChI is InChI=1S/C9H20N2/c1-9(2,10)6-7-11-8-4-3-5-8/h8,11H,3-7,10H2,1-2H3. The first-order valence-corrected chi connectivity index (χ1v) is 4.60. The summed E-state index contributed by atoms with van der Waals surface area (Å²) < 4.78 is 0. The van der Waals surface area contributed by atoms with Crippen LogP contribution in [-0.2, 0) is 0 Å². The van der Waals surface area contributed by atoms with Crippen molar-refractivity contribution in [3.05, 3.63) is 0 Å². The van der Waals surface area contributed by atoms with Crippen LogP contribution in [0.1, 0.15) is 39.5 Å². The van der Waals surface area contributed by atoms with Gasteiger partial charge in [-0.1, -0.05) is 6.42 Å². The second kappa shape index (κ2) is 3.55. The van der Waals surface area contributed by atoms with Crippen molar-refractivity contribution in [2.45, 2.75) is 51.1 Å². The van der Waals surface area contributed by atoms with Crippen LogP contribution in [0, 0.1) is 0 Å². The zero-order valence-corrected chi connectivity index (χ0v) is 7.69. The zero-order valence-electron chi connectivity index (χ0n) is 7.69. The molecule has 1 rings (SSSR count). The molecule has 1 fully saturated rings. The molecule has 66 valence electrons. The van der Waals surface area contributed by atoms with Crippen LogP contribution in [0.15, 0.2) is 0 Å². The van der Waals surface area contributed by atoms with Gasteiger partial charge in [-0.2, -0.15) is 0 Å². The third-order valence-electron chi connectivity index (χ3n) is 2.31. The summed E-state index contributed by atoms with van der Waals surface area (Å²) in [6.45, 7) is 5.24. The molecule has 0 radical (unpaired) electrons. The SMILES string of the molecule is CC(C)(N)CCNC1CCC1. The van der Waals surface area contributed by atoms with E-state index >= 15 is 0 Å². The summed E-state index contributed by atoms with van der Waals surface area (Å²) in [4.78, 5) is 0. The highest BCUT2D eigenvalue weighted by molar-refractivity contribution is 4.79. The lowest BCUT2D eigenvalue weighted by Crippen LogP contribution is -2.41. The molecule has 0 saturated heterocycles. The fourth-order valence-electron chi connectivity index (χ4n) is 1.21. The van der Waals surface area contributed by atoms with Crippen molar-refractivity contribution >= 4 is 0 Å². The topological polar surface area (TPSA) is 38.0 Å². The van der Waals surface area contributed by atoms with Gasteiger partial charge in [0.1, 0.15) is 0 Å². The smallest absolute Gasteiger partial charge is 0.0109 e. The van der Waals surface area contributed by atoms with E-state index in [1.807, 2.05) is 0 Å². The Morgan fingerprint density at radius 1 is 1.45 bits per heavy atom. The second-order valence-electron chi connectivity index (χ2n) is 4.32. The average Bonchev–Trinajstić information content (AvgIpc) is 1.73. The van der Waals surface area contributed by atoms with Crippen molar-refractivity contribution in [1.29, 1.82) is 0 Å². The Morgan fingerprint density at radius 2 is 2.09 bits per heavy atom. The minimum absolute atomic E-state index is 0.00323. The van der Waals surface area contributed by atoms with Gasteiger partial charge >= 0.3 is 0 Å². The minimum Gasteiger partial charge on any atom is -0.326 e. The number of hydrogen-bond donors (Lipinski definition) is 2. The molecule has 0 spiro atoms. The Morgan fingerprint density at radius 3 is 2.45 bits per heavy atom. The molecular weight excluding hydrogens is 136 g/mol. The largest absolute Gasteiger partial charge is 0.326 e. The Labute approximate surface area is 69.5 Å². The summed E-state index contributed by atoms with van der Waals surface area (Å²) in [5.74, 6) is 0. The zero-order chi connectivity index (χ0) is 8.32. The Kier molecular flexibility index (Phi) is 2.90. The highest BCUT2D eigenvalue weighted by atomic mass is 14.9. The maximum atomic E-state index is 5.84. The number of hydrogen-bond acceptors (Lipinski definition) is 2. The van der Waals surface area contributed by atoms with E-state index in [-0.39, 0.29) is 5.54 Å². The van der Waals surface area contributed by atoms with Gasteiger partial charge in [0.05, 0.1) is 0 Å². The van der Waals surface area contributed by atoms with Crippen molar-refractivity contribution in [1.82, 2.24) is 5.32 Å². The van der Waals surface area contributed by atoms with Gasteiger partial charge < -0.3 is 11.1 Å². The van der Waals surface area contributed by atoms with E-state index in [9.17, 15) is 0 Å². The van der Waals surface area contributed by atoms with E-state index in [4.69, 9.17) is 5.73 Å². The van der Waals surface area contributed by atoms with Gasteiger partial charge in [-0.15, -0.1) is 0 Å². The van der Waals surface area contributed by atoms with E-state index in [1.165, 1.54) is 19.3 Å². The second-order valence-corrected chi connectivity index (χ2v) is 4.32. The first-order chi connectivity index (χ1) is 5.08. The van der Waals surface area contributed by atoms with Crippen LogP contribution in [0.5, 0.6) is 0 Å². The number of nitrogens with one attached hydrogen (secondary N) is 1. The monoisotopic (exact) mass is 156 g/mol. The molecule has 0 aromatic rings. The van der Waals surface area contributed by atoms with E-state index in [0.717, 1.165) is 19.0 Å². The summed E-state index contributed by atoms with van der Waals surface area (Å²) >= 11 is 0. The summed E-state index contributed by atoms with van der Waals surface area (Å²) in [5.41, 5.74) is 5.84. The molecule has 1 saturated carbocycles. The van der Waals surface area contributed by atoms with Crippen molar-refractivity contribution in [3.63, 3.8) is 0 Å². The summed E-state index contributed by atoms with van der Waals surface area (Å²) in [7, 11) is 0. The lowest BCUT2D eigenvalue weighted by atomic mass is 9.92. The molecule has 0 aromatic heterocycles. The van der Waals surface area contributed by atoms with Crippen LogP contribution >= 0.6 is 0 Å². The van der Waals surface area contributed by atoms with Crippen LogP contribution < -0.4 is 11.1 Å². The normalized spacial score (nSPS) is 19.9. The molecule has 0 heterocycles. The van der Waals surface area contributed by atoms with E-state index in [0.29, 0.717) is 0 Å². The van der Waals surface area contributed by atoms with Crippen LogP contribution in [0.2, 0.25) is 0 Å². The van der Waals surface area contributed by atoms with Crippen LogP contribution in [0.4, 0.5) is 0 Å². The van der Waals surface area contributed by atoms with Crippen molar-refractivity contribution in [2.24, 2.45) is 5.73 Å². The van der Waals surface area contributed by atoms with Crippen LogP contribution in [0.3, 0.4) is 0 Å². The number of rotatable bonds is 4. The molecule has 0 amide bonds. The highest BCUT2D eigenvalue weighted by Crippen LogP contribution is 2.18. The predicted molar refractivity (Wildman–Crippen MR) is 48.5 cm³/mol. The Balaban J connectivity index is 1.95.